The molecule has 1 heterocycles. The van der Waals surface area contributed by atoms with Gasteiger partial charge in [-0.2, -0.15) is 13.2 Å². The molecule has 1 aromatic heterocycles. The number of hydrogen-bond acceptors (Lipinski definition) is 7. The molecule has 8 nitrogen and oxygen atoms in total. The summed E-state index contributed by atoms with van der Waals surface area (Å²) in [5.74, 6) is -0.404. The molecule has 2 aromatic carbocycles. The Labute approximate surface area is 219 Å². The first-order valence-electron chi connectivity index (χ1n) is 11.9. The number of aryl methyl sites for hydroxylation is 1. The van der Waals surface area contributed by atoms with Crippen molar-refractivity contribution in [3.63, 3.8) is 0 Å². The monoisotopic (exact) mass is 532 g/mol. The first kappa shape index (κ1) is 28.9. The van der Waals surface area contributed by atoms with Gasteiger partial charge in [-0.25, -0.2) is 4.98 Å². The molecule has 0 saturated heterocycles. The molecule has 0 atom stereocenters. The van der Waals surface area contributed by atoms with Crippen LogP contribution in [0.25, 0.3) is 11.1 Å². The number of alkyl halides is 3. The van der Waals surface area contributed by atoms with Gasteiger partial charge in [0, 0.05) is 36.1 Å². The number of anilines is 2. The lowest BCUT2D eigenvalue weighted by Gasteiger charge is -2.16. The van der Waals surface area contributed by atoms with Gasteiger partial charge in [0.1, 0.15) is 6.61 Å². The number of pyridine rings is 1. The van der Waals surface area contributed by atoms with E-state index in [-0.39, 0.29) is 44.4 Å². The van der Waals surface area contributed by atoms with Crippen molar-refractivity contribution in [1.82, 2.24) is 9.88 Å². The molecule has 4 N–H and O–H groups in total. The molecular weight excluding hydrogens is 501 g/mol. The molecule has 11 heteroatoms. The predicted molar refractivity (Wildman–Crippen MR) is 139 cm³/mol. The minimum absolute atomic E-state index is 0.0481. The van der Waals surface area contributed by atoms with Crippen LogP contribution in [0, 0.1) is 6.92 Å². The zero-order valence-electron chi connectivity index (χ0n) is 21.4. The number of halogens is 3. The third kappa shape index (κ3) is 7.67. The van der Waals surface area contributed by atoms with E-state index in [1.165, 1.54) is 6.07 Å². The minimum Gasteiger partial charge on any atom is -0.474 e. The average molecular weight is 533 g/mol. The number of ether oxygens (including phenoxy) is 1. The SMILES string of the molecule is Cc1ccc(NC(=O)c2cc(CN(C)C)cc(C(F)(F)F)c2)cc1-c1cnc(OCCO)c(NCCO)c1. The van der Waals surface area contributed by atoms with Crippen LogP contribution in [0.1, 0.15) is 27.0 Å². The molecule has 0 unspecified atom stereocenters. The third-order valence-electron chi connectivity index (χ3n) is 5.50. The average Bonchev–Trinajstić information content (AvgIpc) is 2.86. The number of nitrogens with one attached hydrogen (secondary N) is 2. The zero-order valence-corrected chi connectivity index (χ0v) is 21.4. The Balaban J connectivity index is 1.92. The lowest BCUT2D eigenvalue weighted by Crippen LogP contribution is -2.17. The summed E-state index contributed by atoms with van der Waals surface area (Å²) in [6.45, 7) is 2.12. The molecule has 204 valence electrons. The quantitative estimate of drug-likeness (QED) is 0.294. The van der Waals surface area contributed by atoms with Crippen molar-refractivity contribution in [2.75, 3.05) is 51.1 Å². The molecule has 3 rings (SSSR count). The van der Waals surface area contributed by atoms with Crippen molar-refractivity contribution in [3.8, 4) is 17.0 Å². The maximum Gasteiger partial charge on any atom is 0.416 e. The topological polar surface area (TPSA) is 107 Å². The second-order valence-corrected chi connectivity index (χ2v) is 8.94. The maximum atomic E-state index is 13.5. The van der Waals surface area contributed by atoms with Gasteiger partial charge in [-0.3, -0.25) is 4.79 Å². The molecule has 0 radical (unpaired) electrons. The molecule has 0 aliphatic rings. The number of amides is 1. The number of nitrogens with zero attached hydrogens (tertiary/aromatic N) is 2. The highest BCUT2D eigenvalue weighted by molar-refractivity contribution is 6.05. The number of carbonyl (C=O) groups is 1. The highest BCUT2D eigenvalue weighted by Gasteiger charge is 2.32. The number of rotatable bonds is 11. The Hall–Kier alpha value is -3.67. The molecule has 3 aromatic rings. The molecular formula is C27H31F3N4O4. The van der Waals surface area contributed by atoms with Crippen LogP contribution in [0.5, 0.6) is 5.88 Å². The van der Waals surface area contributed by atoms with E-state index in [1.54, 1.807) is 49.5 Å². The van der Waals surface area contributed by atoms with Crippen LogP contribution in [0.3, 0.4) is 0 Å². The van der Waals surface area contributed by atoms with E-state index in [0.29, 0.717) is 22.5 Å². The van der Waals surface area contributed by atoms with Crippen LogP contribution in [-0.4, -0.2) is 66.5 Å². The first-order valence-corrected chi connectivity index (χ1v) is 11.9. The van der Waals surface area contributed by atoms with Crippen LogP contribution in [0.15, 0.2) is 48.7 Å². The summed E-state index contributed by atoms with van der Waals surface area (Å²) in [6.07, 6.45) is -3.01. The van der Waals surface area contributed by atoms with E-state index in [0.717, 1.165) is 23.3 Å². The van der Waals surface area contributed by atoms with Gasteiger partial charge in [0.2, 0.25) is 5.88 Å². The fraction of sp³-hybridized carbons (Fsp3) is 0.333. The van der Waals surface area contributed by atoms with Gasteiger partial charge in [0.15, 0.2) is 0 Å². The molecule has 0 spiro atoms. The Morgan fingerprint density at radius 3 is 2.50 bits per heavy atom. The summed E-state index contributed by atoms with van der Waals surface area (Å²) in [6, 6.07) is 10.3. The molecule has 0 bridgehead atoms. The summed E-state index contributed by atoms with van der Waals surface area (Å²) in [4.78, 5) is 19.0. The summed E-state index contributed by atoms with van der Waals surface area (Å²) in [5.41, 5.74) is 2.58. The Morgan fingerprint density at radius 1 is 1.08 bits per heavy atom. The van der Waals surface area contributed by atoms with E-state index in [4.69, 9.17) is 9.84 Å². The van der Waals surface area contributed by atoms with Crippen molar-refractivity contribution in [2.24, 2.45) is 0 Å². The van der Waals surface area contributed by atoms with E-state index in [2.05, 4.69) is 15.6 Å². The van der Waals surface area contributed by atoms with Crippen molar-refractivity contribution < 1.29 is 32.9 Å². The number of aromatic nitrogens is 1. The zero-order chi connectivity index (χ0) is 27.9. The number of carbonyl (C=O) groups excluding carboxylic acids is 1. The standard InChI is InChI=1S/C27H31F3N4O4/c1-17-4-5-22(14-23(17)20-13-24(31-6-7-35)26(32-15-20)38-9-8-36)33-25(37)19-10-18(16-34(2)3)11-21(12-19)27(28,29)30/h4-5,10-15,31,35-36H,6-9,16H2,1-3H3,(H,33,37). The lowest BCUT2D eigenvalue weighted by atomic mass is 10.0. The van der Waals surface area contributed by atoms with Crippen molar-refractivity contribution in [1.29, 1.82) is 0 Å². The van der Waals surface area contributed by atoms with Crippen molar-refractivity contribution in [3.05, 3.63) is 70.9 Å². The van der Waals surface area contributed by atoms with E-state index in [9.17, 15) is 23.1 Å². The highest BCUT2D eigenvalue weighted by atomic mass is 19.4. The largest absolute Gasteiger partial charge is 0.474 e. The lowest BCUT2D eigenvalue weighted by molar-refractivity contribution is -0.137. The van der Waals surface area contributed by atoms with Gasteiger partial charge in [-0.15, -0.1) is 0 Å². The molecule has 38 heavy (non-hydrogen) atoms. The fourth-order valence-electron chi connectivity index (χ4n) is 3.83. The summed E-state index contributed by atoms with van der Waals surface area (Å²) in [7, 11) is 3.47. The number of benzene rings is 2. The fourth-order valence-corrected chi connectivity index (χ4v) is 3.83. The third-order valence-corrected chi connectivity index (χ3v) is 5.50. The van der Waals surface area contributed by atoms with Crippen LogP contribution < -0.4 is 15.4 Å². The van der Waals surface area contributed by atoms with Crippen LogP contribution >= 0.6 is 0 Å². The van der Waals surface area contributed by atoms with Gasteiger partial charge in [-0.1, -0.05) is 6.07 Å². The summed E-state index contributed by atoms with van der Waals surface area (Å²) in [5, 5.41) is 24.0. The Bertz CT molecular complexity index is 1270. The number of aliphatic hydroxyl groups is 2. The molecule has 1 amide bonds. The van der Waals surface area contributed by atoms with Gasteiger partial charge < -0.3 is 30.5 Å². The normalized spacial score (nSPS) is 11.5. The second kappa shape index (κ2) is 12.7. The van der Waals surface area contributed by atoms with Gasteiger partial charge in [0.05, 0.1) is 24.5 Å². The Morgan fingerprint density at radius 2 is 1.84 bits per heavy atom. The van der Waals surface area contributed by atoms with Crippen LogP contribution in [0.2, 0.25) is 0 Å². The number of aliphatic hydroxyl groups excluding tert-OH is 2. The minimum atomic E-state index is -4.59. The van der Waals surface area contributed by atoms with Crippen LogP contribution in [0.4, 0.5) is 24.5 Å². The van der Waals surface area contributed by atoms with Gasteiger partial charge in [-0.05, 0) is 74.1 Å². The molecule has 0 aliphatic heterocycles. The molecule has 0 aliphatic carbocycles. The van der Waals surface area contributed by atoms with E-state index >= 15 is 0 Å². The maximum absolute atomic E-state index is 13.5. The summed E-state index contributed by atoms with van der Waals surface area (Å²) < 4.78 is 45.9. The first-order chi connectivity index (χ1) is 18.0. The van der Waals surface area contributed by atoms with E-state index < -0.39 is 17.6 Å². The van der Waals surface area contributed by atoms with Crippen molar-refractivity contribution in [2.45, 2.75) is 19.6 Å². The van der Waals surface area contributed by atoms with Crippen molar-refractivity contribution >= 4 is 17.3 Å². The number of hydrogen-bond donors (Lipinski definition) is 4. The molecule has 0 fully saturated rings. The Kier molecular flexibility index (Phi) is 9.67. The predicted octanol–water partition coefficient (Wildman–Crippen LogP) is 4.17. The second-order valence-electron chi connectivity index (χ2n) is 8.94. The molecule has 0 saturated carbocycles. The highest BCUT2D eigenvalue weighted by Crippen LogP contribution is 2.33. The van der Waals surface area contributed by atoms with Crippen LogP contribution in [-0.2, 0) is 12.7 Å². The smallest absolute Gasteiger partial charge is 0.416 e. The van der Waals surface area contributed by atoms with Gasteiger partial charge in [0.25, 0.3) is 5.91 Å². The van der Waals surface area contributed by atoms with Gasteiger partial charge >= 0.3 is 6.18 Å². The van der Waals surface area contributed by atoms with E-state index in [1.807, 2.05) is 6.92 Å². The summed E-state index contributed by atoms with van der Waals surface area (Å²) >= 11 is 0.